The van der Waals surface area contributed by atoms with Gasteiger partial charge in [0.25, 0.3) is 0 Å². The van der Waals surface area contributed by atoms with Crippen molar-refractivity contribution in [1.82, 2.24) is 0 Å². The van der Waals surface area contributed by atoms with E-state index in [0.29, 0.717) is 13.0 Å². The summed E-state index contributed by atoms with van der Waals surface area (Å²) in [6.07, 6.45) is 0.359. The summed E-state index contributed by atoms with van der Waals surface area (Å²) >= 11 is 0. The van der Waals surface area contributed by atoms with E-state index >= 15 is 0 Å². The zero-order valence-electron chi connectivity index (χ0n) is 11.2. The van der Waals surface area contributed by atoms with Gasteiger partial charge in [0.2, 0.25) is 5.91 Å². The number of methoxy groups -OCH3 is 1. The second-order valence-corrected chi connectivity index (χ2v) is 4.43. The summed E-state index contributed by atoms with van der Waals surface area (Å²) in [5, 5.41) is 9.14. The van der Waals surface area contributed by atoms with Crippen LogP contribution in [0.5, 0.6) is 0 Å². The molecule has 4 nitrogen and oxygen atoms in total. The van der Waals surface area contributed by atoms with Crippen molar-refractivity contribution >= 4 is 11.6 Å². The van der Waals surface area contributed by atoms with Crippen LogP contribution in [0.15, 0.2) is 24.3 Å². The Hall–Kier alpha value is -1.39. The lowest BCUT2D eigenvalue weighted by atomic mass is 10.1. The monoisotopic (exact) mass is 251 g/mol. The van der Waals surface area contributed by atoms with Crippen molar-refractivity contribution in [2.75, 3.05) is 18.6 Å². The van der Waals surface area contributed by atoms with Crippen LogP contribution in [0.3, 0.4) is 0 Å². The highest BCUT2D eigenvalue weighted by Gasteiger charge is 2.18. The quantitative estimate of drug-likeness (QED) is 0.840. The molecule has 18 heavy (non-hydrogen) atoms. The predicted molar refractivity (Wildman–Crippen MR) is 71.5 cm³/mol. The van der Waals surface area contributed by atoms with E-state index in [0.717, 1.165) is 11.3 Å². The Labute approximate surface area is 108 Å². The largest absolute Gasteiger partial charge is 0.392 e. The van der Waals surface area contributed by atoms with Gasteiger partial charge in [-0.15, -0.1) is 0 Å². The molecule has 0 aliphatic rings. The van der Waals surface area contributed by atoms with Crippen LogP contribution >= 0.6 is 0 Å². The molecule has 1 amide bonds. The third kappa shape index (κ3) is 3.82. The smallest absolute Gasteiger partial charge is 0.229 e. The zero-order valence-corrected chi connectivity index (χ0v) is 11.2. The summed E-state index contributed by atoms with van der Waals surface area (Å²) in [5.74, 6) is 0.0296. The highest BCUT2D eigenvalue weighted by molar-refractivity contribution is 5.94. The van der Waals surface area contributed by atoms with Gasteiger partial charge >= 0.3 is 0 Å². The Morgan fingerprint density at radius 1 is 1.44 bits per heavy atom. The van der Waals surface area contributed by atoms with Crippen molar-refractivity contribution in [2.45, 2.75) is 32.9 Å². The van der Waals surface area contributed by atoms with Gasteiger partial charge in [0, 0.05) is 18.8 Å². The fraction of sp³-hybridized carbons (Fsp3) is 0.500. The van der Waals surface area contributed by atoms with Crippen molar-refractivity contribution < 1.29 is 14.6 Å². The molecule has 0 bridgehead atoms. The van der Waals surface area contributed by atoms with Crippen LogP contribution in [0.4, 0.5) is 5.69 Å². The third-order valence-electron chi connectivity index (χ3n) is 2.68. The van der Waals surface area contributed by atoms with Crippen LogP contribution in [0.2, 0.25) is 0 Å². The van der Waals surface area contributed by atoms with Crippen molar-refractivity contribution in [1.29, 1.82) is 0 Å². The minimum Gasteiger partial charge on any atom is -0.392 e. The van der Waals surface area contributed by atoms with Gasteiger partial charge in [-0.3, -0.25) is 4.79 Å². The van der Waals surface area contributed by atoms with E-state index in [-0.39, 0.29) is 18.6 Å². The van der Waals surface area contributed by atoms with Gasteiger partial charge in [0.15, 0.2) is 0 Å². The number of benzene rings is 1. The van der Waals surface area contributed by atoms with Crippen molar-refractivity contribution in [3.05, 3.63) is 29.8 Å². The van der Waals surface area contributed by atoms with Gasteiger partial charge in [0.1, 0.15) is 0 Å². The molecule has 0 atom stereocenters. The number of amides is 1. The van der Waals surface area contributed by atoms with Gasteiger partial charge in [-0.05, 0) is 31.5 Å². The standard InChI is InChI=1S/C14H21NO3/c1-11(2)15(14(17)7-8-18-3)13-6-4-5-12(9-13)10-16/h4-6,9,11,16H,7-8,10H2,1-3H3. The van der Waals surface area contributed by atoms with E-state index in [1.807, 2.05) is 38.1 Å². The first-order valence-electron chi connectivity index (χ1n) is 6.11. The fourth-order valence-corrected chi connectivity index (χ4v) is 1.84. The van der Waals surface area contributed by atoms with Gasteiger partial charge in [-0.1, -0.05) is 12.1 Å². The molecule has 0 saturated heterocycles. The summed E-state index contributed by atoms with van der Waals surface area (Å²) in [5.41, 5.74) is 1.62. The summed E-state index contributed by atoms with van der Waals surface area (Å²) in [6.45, 7) is 4.33. The molecule has 0 aromatic heterocycles. The van der Waals surface area contributed by atoms with E-state index in [1.54, 1.807) is 12.0 Å². The number of carbonyl (C=O) groups is 1. The van der Waals surface area contributed by atoms with Gasteiger partial charge < -0.3 is 14.7 Å². The first-order valence-corrected chi connectivity index (χ1v) is 6.11. The summed E-state index contributed by atoms with van der Waals surface area (Å²) < 4.78 is 4.94. The van der Waals surface area contributed by atoms with Crippen LogP contribution in [0.25, 0.3) is 0 Å². The molecule has 0 aliphatic heterocycles. The molecule has 1 rings (SSSR count). The third-order valence-corrected chi connectivity index (χ3v) is 2.68. The molecule has 0 heterocycles. The predicted octanol–water partition coefficient (Wildman–Crippen LogP) is 1.96. The zero-order chi connectivity index (χ0) is 13.5. The molecule has 0 radical (unpaired) electrons. The van der Waals surface area contributed by atoms with Crippen LogP contribution in [-0.4, -0.2) is 30.8 Å². The van der Waals surface area contributed by atoms with Crippen molar-refractivity contribution in [3.8, 4) is 0 Å². The molecule has 0 aliphatic carbocycles. The molecule has 1 aromatic rings. The molecule has 0 fully saturated rings. The lowest BCUT2D eigenvalue weighted by Crippen LogP contribution is -2.37. The second-order valence-electron chi connectivity index (χ2n) is 4.43. The molecular weight excluding hydrogens is 230 g/mol. The number of hydrogen-bond acceptors (Lipinski definition) is 3. The number of anilines is 1. The lowest BCUT2D eigenvalue weighted by molar-refractivity contribution is -0.119. The first-order chi connectivity index (χ1) is 8.60. The summed E-state index contributed by atoms with van der Waals surface area (Å²) in [7, 11) is 1.58. The van der Waals surface area contributed by atoms with Gasteiger partial charge in [0.05, 0.1) is 19.6 Å². The highest BCUT2D eigenvalue weighted by atomic mass is 16.5. The van der Waals surface area contributed by atoms with Crippen LogP contribution in [0, 0.1) is 0 Å². The molecule has 0 saturated carbocycles. The average molecular weight is 251 g/mol. The second kappa shape index (κ2) is 7.13. The molecular formula is C14H21NO3. The average Bonchev–Trinajstić information content (AvgIpc) is 2.36. The SMILES string of the molecule is COCCC(=O)N(c1cccc(CO)c1)C(C)C. The van der Waals surface area contributed by atoms with Gasteiger partial charge in [-0.25, -0.2) is 0 Å². The van der Waals surface area contributed by atoms with Crippen LogP contribution in [-0.2, 0) is 16.1 Å². The number of nitrogens with zero attached hydrogens (tertiary/aromatic N) is 1. The topological polar surface area (TPSA) is 49.8 Å². The Morgan fingerprint density at radius 3 is 2.72 bits per heavy atom. The first kappa shape index (κ1) is 14.7. The lowest BCUT2D eigenvalue weighted by Gasteiger charge is -2.27. The number of aliphatic hydroxyl groups excluding tert-OH is 1. The van der Waals surface area contributed by atoms with E-state index in [2.05, 4.69) is 0 Å². The van der Waals surface area contributed by atoms with Gasteiger partial charge in [-0.2, -0.15) is 0 Å². The number of ether oxygens (including phenoxy) is 1. The van der Waals surface area contributed by atoms with E-state index in [9.17, 15) is 4.79 Å². The molecule has 1 aromatic carbocycles. The van der Waals surface area contributed by atoms with Crippen molar-refractivity contribution in [2.24, 2.45) is 0 Å². The maximum Gasteiger partial charge on any atom is 0.229 e. The minimum atomic E-state index is -0.0218. The summed E-state index contributed by atoms with van der Waals surface area (Å²) in [4.78, 5) is 13.9. The van der Waals surface area contributed by atoms with E-state index in [4.69, 9.17) is 9.84 Å². The number of carbonyl (C=O) groups excluding carboxylic acids is 1. The highest BCUT2D eigenvalue weighted by Crippen LogP contribution is 2.20. The molecule has 0 spiro atoms. The normalized spacial score (nSPS) is 10.7. The Kier molecular flexibility index (Phi) is 5.82. The number of rotatable bonds is 6. The minimum absolute atomic E-state index is 0.0218. The van der Waals surface area contributed by atoms with Crippen molar-refractivity contribution in [3.63, 3.8) is 0 Å². The van der Waals surface area contributed by atoms with Crippen LogP contribution < -0.4 is 4.90 Å². The van der Waals surface area contributed by atoms with E-state index in [1.165, 1.54) is 0 Å². The number of aliphatic hydroxyl groups is 1. The Balaban J connectivity index is 2.93. The molecule has 100 valence electrons. The van der Waals surface area contributed by atoms with E-state index < -0.39 is 0 Å². The Bertz CT molecular complexity index is 390. The molecule has 0 unspecified atom stereocenters. The fourth-order valence-electron chi connectivity index (χ4n) is 1.84. The van der Waals surface area contributed by atoms with Crippen LogP contribution in [0.1, 0.15) is 25.8 Å². The Morgan fingerprint density at radius 2 is 2.17 bits per heavy atom. The number of hydrogen-bond donors (Lipinski definition) is 1. The summed E-state index contributed by atoms with van der Waals surface area (Å²) in [6, 6.07) is 7.47. The molecule has 4 heteroatoms. The maximum absolute atomic E-state index is 12.1. The maximum atomic E-state index is 12.1. The molecule has 1 N–H and O–H groups in total.